The molecule has 0 atom stereocenters. The highest BCUT2D eigenvalue weighted by Gasteiger charge is 2.37. The Morgan fingerprint density at radius 3 is 1.69 bits per heavy atom. The zero-order valence-electron chi connectivity index (χ0n) is 13.1. The Hall–Kier alpha value is -2.79. The van der Waals surface area contributed by atoms with Crippen LogP contribution < -0.4 is 16.0 Å². The smallest absolute Gasteiger partial charge is 0.355 e. The predicted molar refractivity (Wildman–Crippen MR) is 76.8 cm³/mol. The lowest BCUT2D eigenvalue weighted by molar-refractivity contribution is -0.143. The number of halogens is 6. The molecule has 0 unspecified atom stereocenters. The summed E-state index contributed by atoms with van der Waals surface area (Å²) in [5, 5.41) is 6.02. The molecule has 144 valence electrons. The van der Waals surface area contributed by atoms with E-state index in [1.54, 1.807) is 5.32 Å². The standard InChI is InChI=1S/C14H13F6N3O3/c1-7(24)21-2-3-22-11(25)12(26)23-10-5-8(13(15,16)17)4-9(6-10)14(18,19)20/h4-6H,2-3H2,1H3,(H,21,24)(H,22,25)(H,23,26). The molecule has 0 aliphatic carbocycles. The Morgan fingerprint density at radius 2 is 1.27 bits per heavy atom. The van der Waals surface area contributed by atoms with Gasteiger partial charge in [0.2, 0.25) is 5.91 Å². The first-order valence-corrected chi connectivity index (χ1v) is 6.94. The Labute approximate surface area is 142 Å². The minimum absolute atomic E-state index is 0.0177. The summed E-state index contributed by atoms with van der Waals surface area (Å²) < 4.78 is 76.3. The number of alkyl halides is 6. The van der Waals surface area contributed by atoms with Crippen LogP contribution in [0, 0.1) is 0 Å². The molecule has 0 aliphatic rings. The van der Waals surface area contributed by atoms with Crippen LogP contribution in [0.25, 0.3) is 0 Å². The van der Waals surface area contributed by atoms with Crippen molar-refractivity contribution in [1.82, 2.24) is 10.6 Å². The lowest BCUT2D eigenvalue weighted by Gasteiger charge is -2.14. The molecule has 1 aromatic carbocycles. The van der Waals surface area contributed by atoms with Gasteiger partial charge in [0.05, 0.1) is 11.1 Å². The van der Waals surface area contributed by atoms with E-state index in [1.165, 1.54) is 6.92 Å². The van der Waals surface area contributed by atoms with Crippen molar-refractivity contribution in [2.45, 2.75) is 19.3 Å². The summed E-state index contributed by atoms with van der Waals surface area (Å²) in [7, 11) is 0. The van der Waals surface area contributed by atoms with Gasteiger partial charge in [-0.3, -0.25) is 14.4 Å². The Bertz CT molecular complexity index is 668. The van der Waals surface area contributed by atoms with Gasteiger partial charge in [0.1, 0.15) is 0 Å². The molecule has 12 heteroatoms. The van der Waals surface area contributed by atoms with Crippen molar-refractivity contribution in [2.24, 2.45) is 0 Å². The van der Waals surface area contributed by atoms with Crippen molar-refractivity contribution in [3.05, 3.63) is 29.3 Å². The molecule has 0 saturated carbocycles. The Balaban J connectivity index is 2.89. The lowest BCUT2D eigenvalue weighted by atomic mass is 10.1. The molecule has 1 rings (SSSR count). The third-order valence-corrected chi connectivity index (χ3v) is 2.84. The maximum absolute atomic E-state index is 12.7. The first-order chi connectivity index (χ1) is 11.8. The molecule has 0 spiro atoms. The number of carbonyl (C=O) groups excluding carboxylic acids is 3. The quantitative estimate of drug-likeness (QED) is 0.421. The monoisotopic (exact) mass is 385 g/mol. The molecule has 26 heavy (non-hydrogen) atoms. The average Bonchev–Trinajstić information content (AvgIpc) is 2.49. The fourth-order valence-corrected chi connectivity index (χ4v) is 1.71. The summed E-state index contributed by atoms with van der Waals surface area (Å²) >= 11 is 0. The van der Waals surface area contributed by atoms with E-state index in [0.29, 0.717) is 0 Å². The molecule has 0 saturated heterocycles. The largest absolute Gasteiger partial charge is 0.416 e. The summed E-state index contributed by atoms with van der Waals surface area (Å²) in [6, 6.07) is 0.443. The second-order valence-corrected chi connectivity index (χ2v) is 4.99. The topological polar surface area (TPSA) is 87.3 Å². The van der Waals surface area contributed by atoms with Crippen LogP contribution in [0.3, 0.4) is 0 Å². The minimum atomic E-state index is -5.08. The molecule has 0 radical (unpaired) electrons. The van der Waals surface area contributed by atoms with Crippen molar-refractivity contribution in [3.8, 4) is 0 Å². The van der Waals surface area contributed by atoms with E-state index in [2.05, 4.69) is 5.32 Å². The highest BCUT2D eigenvalue weighted by Crippen LogP contribution is 2.37. The summed E-state index contributed by atoms with van der Waals surface area (Å²) in [5.74, 6) is -3.14. The number of amides is 3. The van der Waals surface area contributed by atoms with Gasteiger partial charge in [0.15, 0.2) is 0 Å². The van der Waals surface area contributed by atoms with Gasteiger partial charge in [-0.15, -0.1) is 0 Å². The van der Waals surface area contributed by atoms with E-state index in [-0.39, 0.29) is 31.3 Å². The van der Waals surface area contributed by atoms with Crippen molar-refractivity contribution < 1.29 is 40.7 Å². The molecule has 0 heterocycles. The van der Waals surface area contributed by atoms with E-state index in [9.17, 15) is 40.7 Å². The van der Waals surface area contributed by atoms with E-state index in [1.807, 2.05) is 5.32 Å². The summed E-state index contributed by atoms with van der Waals surface area (Å²) in [6.45, 7) is 1.03. The number of hydrogen-bond acceptors (Lipinski definition) is 3. The van der Waals surface area contributed by atoms with E-state index < -0.39 is 46.9 Å². The first kappa shape index (κ1) is 21.3. The second-order valence-electron chi connectivity index (χ2n) is 4.99. The first-order valence-electron chi connectivity index (χ1n) is 6.94. The number of carbonyl (C=O) groups is 3. The zero-order valence-corrected chi connectivity index (χ0v) is 13.1. The SMILES string of the molecule is CC(=O)NCCNC(=O)C(=O)Nc1cc(C(F)(F)F)cc(C(F)(F)F)c1. The van der Waals surface area contributed by atoms with Crippen LogP contribution in [0.15, 0.2) is 18.2 Å². The normalized spacial score (nSPS) is 11.7. The van der Waals surface area contributed by atoms with Gasteiger partial charge in [-0.1, -0.05) is 0 Å². The van der Waals surface area contributed by atoms with Crippen LogP contribution in [0.4, 0.5) is 32.0 Å². The molecule has 3 N–H and O–H groups in total. The van der Waals surface area contributed by atoms with Crippen LogP contribution in [0.1, 0.15) is 18.1 Å². The third-order valence-electron chi connectivity index (χ3n) is 2.84. The van der Waals surface area contributed by atoms with Crippen molar-refractivity contribution >= 4 is 23.4 Å². The third kappa shape index (κ3) is 6.61. The van der Waals surface area contributed by atoms with Crippen LogP contribution >= 0.6 is 0 Å². The average molecular weight is 385 g/mol. The minimum Gasteiger partial charge on any atom is -0.355 e. The van der Waals surface area contributed by atoms with Crippen molar-refractivity contribution in [2.75, 3.05) is 18.4 Å². The van der Waals surface area contributed by atoms with E-state index in [0.717, 1.165) is 0 Å². The lowest BCUT2D eigenvalue weighted by Crippen LogP contribution is -2.39. The summed E-state index contributed by atoms with van der Waals surface area (Å²) in [4.78, 5) is 33.7. The number of rotatable bonds is 4. The molecular weight excluding hydrogens is 372 g/mol. The Kier molecular flexibility index (Phi) is 6.59. The van der Waals surface area contributed by atoms with Crippen molar-refractivity contribution in [3.63, 3.8) is 0 Å². The number of hydrogen-bond donors (Lipinski definition) is 3. The van der Waals surface area contributed by atoms with Gasteiger partial charge in [0, 0.05) is 25.7 Å². The molecule has 0 aliphatic heterocycles. The predicted octanol–water partition coefficient (Wildman–Crippen LogP) is 1.91. The molecule has 6 nitrogen and oxygen atoms in total. The van der Waals surface area contributed by atoms with Gasteiger partial charge >= 0.3 is 24.2 Å². The number of nitrogens with one attached hydrogen (secondary N) is 3. The second kappa shape index (κ2) is 8.06. The number of anilines is 1. The van der Waals surface area contributed by atoms with Crippen LogP contribution in [0.5, 0.6) is 0 Å². The molecule has 3 amide bonds. The van der Waals surface area contributed by atoms with Gasteiger partial charge in [-0.2, -0.15) is 26.3 Å². The van der Waals surface area contributed by atoms with Gasteiger partial charge in [0.25, 0.3) is 0 Å². The molecule has 1 aromatic rings. The van der Waals surface area contributed by atoms with Gasteiger partial charge in [-0.05, 0) is 18.2 Å². The van der Waals surface area contributed by atoms with Gasteiger partial charge in [-0.25, -0.2) is 0 Å². The maximum Gasteiger partial charge on any atom is 0.416 e. The molecule has 0 aromatic heterocycles. The van der Waals surface area contributed by atoms with Crippen LogP contribution in [-0.2, 0) is 26.7 Å². The molecule has 0 fully saturated rings. The summed E-state index contributed by atoms with van der Waals surface area (Å²) in [6.07, 6.45) is -10.2. The van der Waals surface area contributed by atoms with E-state index in [4.69, 9.17) is 0 Å². The zero-order chi connectivity index (χ0) is 20.1. The molecule has 0 bridgehead atoms. The van der Waals surface area contributed by atoms with E-state index >= 15 is 0 Å². The highest BCUT2D eigenvalue weighted by molar-refractivity contribution is 6.39. The van der Waals surface area contributed by atoms with Gasteiger partial charge < -0.3 is 16.0 Å². The summed E-state index contributed by atoms with van der Waals surface area (Å²) in [5.41, 5.74) is -4.10. The van der Waals surface area contributed by atoms with Crippen LogP contribution in [-0.4, -0.2) is 30.8 Å². The molecular formula is C14H13F6N3O3. The number of benzene rings is 1. The van der Waals surface area contributed by atoms with Crippen molar-refractivity contribution in [1.29, 1.82) is 0 Å². The Morgan fingerprint density at radius 1 is 0.808 bits per heavy atom. The van der Waals surface area contributed by atoms with Crippen LogP contribution in [0.2, 0.25) is 0 Å². The fraction of sp³-hybridized carbons (Fsp3) is 0.357. The highest BCUT2D eigenvalue weighted by atomic mass is 19.4. The fourth-order valence-electron chi connectivity index (χ4n) is 1.71. The maximum atomic E-state index is 12.7.